The van der Waals surface area contributed by atoms with Crippen LogP contribution in [0, 0.1) is 18.3 Å². The Kier molecular flexibility index (Phi) is 4.04. The Morgan fingerprint density at radius 1 is 1.19 bits per heavy atom. The van der Waals surface area contributed by atoms with Crippen molar-refractivity contribution in [1.82, 2.24) is 15.0 Å². The molecule has 0 aliphatic carbocycles. The van der Waals surface area contributed by atoms with Gasteiger partial charge in [0.05, 0.1) is 11.3 Å². The maximum Gasteiger partial charge on any atom is 0.129 e. The molecule has 0 saturated heterocycles. The summed E-state index contributed by atoms with van der Waals surface area (Å²) >= 11 is 6.04. The first kappa shape index (κ1) is 16.1. The van der Waals surface area contributed by atoms with E-state index in [1.807, 2.05) is 30.5 Å². The molecule has 2 N–H and O–H groups in total. The summed E-state index contributed by atoms with van der Waals surface area (Å²) in [5.41, 5.74) is 5.90. The molecule has 26 heavy (non-hydrogen) atoms. The monoisotopic (exact) mass is 359 g/mol. The van der Waals surface area contributed by atoms with Gasteiger partial charge in [-0.15, -0.1) is 0 Å². The van der Waals surface area contributed by atoms with Gasteiger partial charge in [-0.2, -0.15) is 5.26 Å². The third-order valence-electron chi connectivity index (χ3n) is 4.37. The molecule has 1 aromatic carbocycles. The Balaban J connectivity index is 1.87. The fourth-order valence-electron chi connectivity index (χ4n) is 3.02. The van der Waals surface area contributed by atoms with Crippen LogP contribution in [0.25, 0.3) is 22.0 Å². The number of hydrogen-bond donors (Lipinski definition) is 2. The average molecular weight is 360 g/mol. The molecule has 4 aromatic rings. The number of fused-ring (bicyclic) bond motifs is 1. The van der Waals surface area contributed by atoms with Gasteiger partial charge in [-0.05, 0) is 48.4 Å². The molecule has 0 atom stereocenters. The number of hydrogen-bond acceptors (Lipinski definition) is 4. The van der Waals surface area contributed by atoms with Crippen molar-refractivity contribution in [1.29, 1.82) is 5.26 Å². The molecule has 0 unspecified atom stereocenters. The van der Waals surface area contributed by atoms with E-state index < -0.39 is 0 Å². The van der Waals surface area contributed by atoms with Gasteiger partial charge in [-0.1, -0.05) is 11.6 Å². The zero-order valence-electron chi connectivity index (χ0n) is 13.9. The molecule has 0 radical (unpaired) electrons. The lowest BCUT2D eigenvalue weighted by atomic mass is 10.0. The average Bonchev–Trinajstić information content (AvgIpc) is 3.13. The minimum absolute atomic E-state index is 0.390. The van der Waals surface area contributed by atoms with E-state index in [9.17, 15) is 5.26 Å². The van der Waals surface area contributed by atoms with Gasteiger partial charge in [-0.3, -0.25) is 4.98 Å². The fourth-order valence-corrected chi connectivity index (χ4v) is 3.20. The van der Waals surface area contributed by atoms with Crippen molar-refractivity contribution < 1.29 is 0 Å². The summed E-state index contributed by atoms with van der Waals surface area (Å²) < 4.78 is 0. The van der Waals surface area contributed by atoms with E-state index in [1.165, 1.54) is 0 Å². The number of pyridine rings is 2. The number of benzene rings is 1. The second-order valence-electron chi connectivity index (χ2n) is 5.89. The van der Waals surface area contributed by atoms with E-state index in [4.69, 9.17) is 11.6 Å². The molecular weight excluding hydrogens is 346 g/mol. The summed E-state index contributed by atoms with van der Waals surface area (Å²) in [5, 5.41) is 14.5. The third kappa shape index (κ3) is 2.77. The lowest BCUT2D eigenvalue weighted by molar-refractivity contribution is 1.28. The zero-order chi connectivity index (χ0) is 18.1. The zero-order valence-corrected chi connectivity index (χ0v) is 14.7. The predicted molar refractivity (Wildman–Crippen MR) is 104 cm³/mol. The van der Waals surface area contributed by atoms with Crippen LogP contribution in [0.3, 0.4) is 0 Å². The first-order chi connectivity index (χ1) is 12.7. The number of nitrogens with zero attached hydrogens (tertiary/aromatic N) is 3. The molecule has 0 aliphatic rings. The number of nitrogens with one attached hydrogen (secondary N) is 2. The summed E-state index contributed by atoms with van der Waals surface area (Å²) in [4.78, 5) is 11.4. The van der Waals surface area contributed by atoms with Gasteiger partial charge in [0, 0.05) is 46.9 Å². The van der Waals surface area contributed by atoms with Gasteiger partial charge in [0.15, 0.2) is 0 Å². The third-order valence-corrected chi connectivity index (χ3v) is 4.57. The Labute approximate surface area is 155 Å². The van der Waals surface area contributed by atoms with Gasteiger partial charge in [-0.25, -0.2) is 4.98 Å². The summed E-state index contributed by atoms with van der Waals surface area (Å²) in [7, 11) is 0. The molecule has 126 valence electrons. The van der Waals surface area contributed by atoms with Crippen molar-refractivity contribution in [3.8, 4) is 17.2 Å². The first-order valence-corrected chi connectivity index (χ1v) is 8.39. The highest BCUT2D eigenvalue weighted by atomic mass is 35.5. The molecule has 3 aromatic heterocycles. The number of anilines is 2. The number of nitriles is 1. The number of aromatic amines is 1. The number of rotatable bonds is 3. The smallest absolute Gasteiger partial charge is 0.129 e. The Hall–Kier alpha value is -3.36. The van der Waals surface area contributed by atoms with E-state index in [2.05, 4.69) is 33.3 Å². The normalized spacial score (nSPS) is 10.7. The molecule has 0 saturated carbocycles. The molecule has 5 nitrogen and oxygen atoms in total. The van der Waals surface area contributed by atoms with Crippen molar-refractivity contribution in [3.63, 3.8) is 0 Å². The summed E-state index contributed by atoms with van der Waals surface area (Å²) in [5.74, 6) is 0. The minimum atomic E-state index is 0.390. The van der Waals surface area contributed by atoms with Crippen LogP contribution in [-0.2, 0) is 0 Å². The molecule has 0 spiro atoms. The minimum Gasteiger partial charge on any atom is -0.361 e. The maximum absolute atomic E-state index is 9.56. The van der Waals surface area contributed by atoms with Gasteiger partial charge in [0.1, 0.15) is 11.2 Å². The van der Waals surface area contributed by atoms with Crippen molar-refractivity contribution >= 4 is 33.9 Å². The number of halogens is 1. The van der Waals surface area contributed by atoms with Crippen molar-refractivity contribution in [3.05, 3.63) is 71.4 Å². The second kappa shape index (κ2) is 6.51. The molecule has 0 aliphatic heterocycles. The molecule has 0 bridgehead atoms. The van der Waals surface area contributed by atoms with E-state index in [0.717, 1.165) is 33.3 Å². The quantitative estimate of drug-likeness (QED) is 0.493. The molecule has 0 fully saturated rings. The Morgan fingerprint density at radius 3 is 2.88 bits per heavy atom. The summed E-state index contributed by atoms with van der Waals surface area (Å²) in [6.07, 6.45) is 6.83. The molecule has 3 heterocycles. The van der Waals surface area contributed by atoms with Crippen LogP contribution in [0.15, 0.2) is 55.1 Å². The molecule has 6 heteroatoms. The van der Waals surface area contributed by atoms with Crippen LogP contribution in [-0.4, -0.2) is 15.0 Å². The van der Waals surface area contributed by atoms with E-state index in [1.54, 1.807) is 24.7 Å². The highest BCUT2D eigenvalue weighted by molar-refractivity contribution is 6.29. The van der Waals surface area contributed by atoms with Crippen molar-refractivity contribution in [2.45, 2.75) is 6.92 Å². The standard InChI is InChI=1S/C20H14ClN5/c1-12-15-5-7-24-18(15)3-2-17(12)26-20-14(9-22)10-23-11-16(20)13-4-6-25-19(21)8-13/h2-8,10-11,24H,1H3,(H,23,26). The van der Waals surface area contributed by atoms with Gasteiger partial charge in [0.25, 0.3) is 0 Å². The SMILES string of the molecule is Cc1c(Nc2c(C#N)cncc2-c2ccnc(Cl)c2)ccc2[nH]ccc12. The van der Waals surface area contributed by atoms with Gasteiger partial charge < -0.3 is 10.3 Å². The molecule has 0 amide bonds. The fraction of sp³-hybridized carbons (Fsp3) is 0.0500. The first-order valence-electron chi connectivity index (χ1n) is 8.01. The van der Waals surface area contributed by atoms with E-state index >= 15 is 0 Å². The second-order valence-corrected chi connectivity index (χ2v) is 6.28. The predicted octanol–water partition coefficient (Wildman–Crippen LogP) is 5.20. The summed E-state index contributed by atoms with van der Waals surface area (Å²) in [6, 6.07) is 11.9. The lowest BCUT2D eigenvalue weighted by Gasteiger charge is -2.16. The van der Waals surface area contributed by atoms with Crippen LogP contribution in [0.4, 0.5) is 11.4 Å². The highest BCUT2D eigenvalue weighted by Crippen LogP contribution is 2.35. The maximum atomic E-state index is 9.56. The van der Waals surface area contributed by atoms with E-state index in [-0.39, 0.29) is 0 Å². The van der Waals surface area contributed by atoms with E-state index in [0.29, 0.717) is 16.4 Å². The van der Waals surface area contributed by atoms with Gasteiger partial charge >= 0.3 is 0 Å². The Morgan fingerprint density at radius 2 is 2.08 bits per heavy atom. The van der Waals surface area contributed by atoms with Crippen LogP contribution in [0.5, 0.6) is 0 Å². The number of H-pyrrole nitrogens is 1. The topological polar surface area (TPSA) is 77.4 Å². The van der Waals surface area contributed by atoms with Crippen molar-refractivity contribution in [2.75, 3.05) is 5.32 Å². The highest BCUT2D eigenvalue weighted by Gasteiger charge is 2.14. The van der Waals surface area contributed by atoms with Crippen LogP contribution in [0.2, 0.25) is 5.15 Å². The Bertz CT molecular complexity index is 1160. The summed E-state index contributed by atoms with van der Waals surface area (Å²) in [6.45, 7) is 2.05. The largest absolute Gasteiger partial charge is 0.361 e. The van der Waals surface area contributed by atoms with Gasteiger partial charge in [0.2, 0.25) is 0 Å². The molecular formula is C20H14ClN5. The number of aryl methyl sites for hydroxylation is 1. The van der Waals surface area contributed by atoms with Crippen LogP contribution >= 0.6 is 11.6 Å². The lowest BCUT2D eigenvalue weighted by Crippen LogP contribution is -2.00. The number of aromatic nitrogens is 3. The van der Waals surface area contributed by atoms with Crippen LogP contribution in [0.1, 0.15) is 11.1 Å². The van der Waals surface area contributed by atoms with Crippen molar-refractivity contribution in [2.24, 2.45) is 0 Å². The molecule has 4 rings (SSSR count). The van der Waals surface area contributed by atoms with Crippen LogP contribution < -0.4 is 5.32 Å².